The fourth-order valence-corrected chi connectivity index (χ4v) is 3.25. The van der Waals surface area contributed by atoms with Crippen LogP contribution < -0.4 is 20.7 Å². The first-order valence-electron chi connectivity index (χ1n) is 8.28. The highest BCUT2D eigenvalue weighted by Crippen LogP contribution is 2.23. The van der Waals surface area contributed by atoms with Gasteiger partial charge in [0.2, 0.25) is 0 Å². The Hall–Kier alpha value is -3.32. The summed E-state index contributed by atoms with van der Waals surface area (Å²) in [5.41, 5.74) is 1.59. The highest BCUT2D eigenvalue weighted by atomic mass is 32.1. The van der Waals surface area contributed by atoms with Crippen LogP contribution in [0, 0.1) is 0 Å². The molecule has 0 unspecified atom stereocenters. The Labute approximate surface area is 161 Å². The third kappa shape index (κ3) is 5.08. The van der Waals surface area contributed by atoms with Crippen LogP contribution in [0.15, 0.2) is 66.7 Å². The Balaban J connectivity index is 1.55. The zero-order chi connectivity index (χ0) is 19.1. The zero-order valence-electron chi connectivity index (χ0n) is 14.7. The lowest BCUT2D eigenvalue weighted by molar-refractivity contribution is 0.0954. The molecule has 1 heterocycles. The normalized spacial score (nSPS) is 10.1. The number of carbonyl (C=O) groups is 2. The van der Waals surface area contributed by atoms with E-state index in [-0.39, 0.29) is 11.9 Å². The lowest BCUT2D eigenvalue weighted by Crippen LogP contribution is -2.22. The molecule has 1 aromatic heterocycles. The topological polar surface area (TPSA) is 79.5 Å². The van der Waals surface area contributed by atoms with Crippen LogP contribution in [0.3, 0.4) is 0 Å². The van der Waals surface area contributed by atoms with Gasteiger partial charge in [-0.2, -0.15) is 0 Å². The van der Waals surface area contributed by atoms with Gasteiger partial charge in [-0.3, -0.25) is 10.1 Å². The highest BCUT2D eigenvalue weighted by molar-refractivity contribution is 7.18. The molecule has 0 spiro atoms. The van der Waals surface area contributed by atoms with Crippen molar-refractivity contribution in [3.8, 4) is 5.75 Å². The van der Waals surface area contributed by atoms with Gasteiger partial charge in [-0.1, -0.05) is 36.4 Å². The van der Waals surface area contributed by atoms with E-state index in [0.717, 1.165) is 11.3 Å². The van der Waals surface area contributed by atoms with Crippen molar-refractivity contribution in [2.75, 3.05) is 17.7 Å². The van der Waals surface area contributed by atoms with Gasteiger partial charge < -0.3 is 15.4 Å². The van der Waals surface area contributed by atoms with E-state index < -0.39 is 0 Å². The highest BCUT2D eigenvalue weighted by Gasteiger charge is 2.12. The number of anilines is 2. The molecule has 0 aliphatic rings. The van der Waals surface area contributed by atoms with Crippen LogP contribution >= 0.6 is 11.3 Å². The van der Waals surface area contributed by atoms with Gasteiger partial charge in [-0.05, 0) is 30.3 Å². The fourth-order valence-electron chi connectivity index (χ4n) is 2.43. The average Bonchev–Trinajstić information content (AvgIpc) is 3.15. The molecule has 7 heteroatoms. The first kappa shape index (κ1) is 18.5. The molecule has 0 fully saturated rings. The maximum atomic E-state index is 12.3. The van der Waals surface area contributed by atoms with E-state index in [4.69, 9.17) is 4.74 Å². The van der Waals surface area contributed by atoms with Crippen molar-refractivity contribution in [1.82, 2.24) is 5.32 Å². The van der Waals surface area contributed by atoms with Crippen molar-refractivity contribution in [3.63, 3.8) is 0 Å². The number of ether oxygens (including phenoxy) is 1. The zero-order valence-corrected chi connectivity index (χ0v) is 15.5. The molecule has 138 valence electrons. The average molecular weight is 381 g/mol. The SMILES string of the molecule is COc1ccccc1CNC(=O)c1ccc(NC(=O)Nc2ccccc2)s1. The van der Waals surface area contributed by atoms with Crippen molar-refractivity contribution in [3.05, 3.63) is 77.2 Å². The molecule has 0 radical (unpaired) electrons. The van der Waals surface area contributed by atoms with E-state index in [9.17, 15) is 9.59 Å². The number of carbonyl (C=O) groups excluding carboxylic acids is 2. The largest absolute Gasteiger partial charge is 0.496 e. The van der Waals surface area contributed by atoms with E-state index in [2.05, 4.69) is 16.0 Å². The van der Waals surface area contributed by atoms with Crippen LogP contribution in [-0.4, -0.2) is 19.0 Å². The molecule has 3 rings (SSSR count). The lowest BCUT2D eigenvalue weighted by Gasteiger charge is -2.08. The van der Waals surface area contributed by atoms with Gasteiger partial charge in [-0.15, -0.1) is 11.3 Å². The summed E-state index contributed by atoms with van der Waals surface area (Å²) in [5, 5.41) is 8.90. The Bertz CT molecular complexity index is 925. The first-order chi connectivity index (χ1) is 13.2. The molecule has 2 aromatic carbocycles. The molecule has 3 amide bonds. The van der Waals surface area contributed by atoms with Gasteiger partial charge in [-0.25, -0.2) is 4.79 Å². The van der Waals surface area contributed by atoms with Crippen LogP contribution in [0.25, 0.3) is 0 Å². The van der Waals surface area contributed by atoms with Gasteiger partial charge in [0, 0.05) is 17.8 Å². The second-order valence-electron chi connectivity index (χ2n) is 5.60. The maximum absolute atomic E-state index is 12.3. The fraction of sp³-hybridized carbons (Fsp3) is 0.100. The number of hydrogen-bond acceptors (Lipinski definition) is 4. The van der Waals surface area contributed by atoms with Gasteiger partial charge in [0.25, 0.3) is 5.91 Å². The number of methoxy groups -OCH3 is 1. The van der Waals surface area contributed by atoms with E-state index in [1.54, 1.807) is 31.4 Å². The summed E-state index contributed by atoms with van der Waals surface area (Å²) >= 11 is 1.21. The van der Waals surface area contributed by atoms with Crippen molar-refractivity contribution in [1.29, 1.82) is 0 Å². The summed E-state index contributed by atoms with van der Waals surface area (Å²) < 4.78 is 5.28. The second kappa shape index (κ2) is 8.86. The van der Waals surface area contributed by atoms with E-state index in [1.165, 1.54) is 11.3 Å². The van der Waals surface area contributed by atoms with E-state index >= 15 is 0 Å². The summed E-state index contributed by atoms with van der Waals surface area (Å²) in [6, 6.07) is 19.7. The molecule has 0 saturated heterocycles. The number of urea groups is 1. The van der Waals surface area contributed by atoms with Gasteiger partial charge in [0.1, 0.15) is 5.75 Å². The summed E-state index contributed by atoms with van der Waals surface area (Å²) in [5.74, 6) is 0.520. The van der Waals surface area contributed by atoms with Crippen molar-refractivity contribution in [2.45, 2.75) is 6.54 Å². The molecular formula is C20H19N3O3S. The molecule has 0 saturated carbocycles. The number of thiophene rings is 1. The third-order valence-corrected chi connectivity index (χ3v) is 4.73. The molecule has 0 aliphatic heterocycles. The van der Waals surface area contributed by atoms with Crippen LogP contribution in [0.5, 0.6) is 5.75 Å². The Morgan fingerprint density at radius 3 is 2.44 bits per heavy atom. The number of hydrogen-bond donors (Lipinski definition) is 3. The first-order valence-corrected chi connectivity index (χ1v) is 9.10. The predicted molar refractivity (Wildman–Crippen MR) is 108 cm³/mol. The Morgan fingerprint density at radius 1 is 0.926 bits per heavy atom. The summed E-state index contributed by atoms with van der Waals surface area (Å²) in [7, 11) is 1.60. The van der Waals surface area contributed by atoms with Gasteiger partial charge >= 0.3 is 6.03 Å². The molecule has 3 aromatic rings. The molecule has 0 aliphatic carbocycles. The van der Waals surface area contributed by atoms with Crippen LogP contribution in [0.1, 0.15) is 15.2 Å². The van der Waals surface area contributed by atoms with E-state index in [1.807, 2.05) is 42.5 Å². The van der Waals surface area contributed by atoms with Crippen molar-refractivity contribution < 1.29 is 14.3 Å². The summed E-state index contributed by atoms with van der Waals surface area (Å²) in [4.78, 5) is 24.9. The third-order valence-electron chi connectivity index (χ3n) is 3.73. The molecule has 0 bridgehead atoms. The molecule has 27 heavy (non-hydrogen) atoms. The summed E-state index contributed by atoms with van der Waals surface area (Å²) in [6.07, 6.45) is 0. The summed E-state index contributed by atoms with van der Waals surface area (Å²) in [6.45, 7) is 0.359. The Kier molecular flexibility index (Phi) is 6.06. The van der Waals surface area contributed by atoms with E-state index in [0.29, 0.717) is 22.1 Å². The predicted octanol–water partition coefficient (Wildman–Crippen LogP) is 4.33. The number of amides is 3. The minimum absolute atomic E-state index is 0.206. The minimum atomic E-state index is -0.357. The van der Waals surface area contributed by atoms with Crippen LogP contribution in [0.4, 0.5) is 15.5 Å². The monoisotopic (exact) mass is 381 g/mol. The Morgan fingerprint density at radius 2 is 1.67 bits per heavy atom. The number of rotatable bonds is 6. The standard InChI is InChI=1S/C20H19N3O3S/c1-26-16-10-6-5-7-14(16)13-21-19(24)17-11-12-18(27-17)23-20(25)22-15-8-3-2-4-9-15/h2-12H,13H2,1H3,(H,21,24)(H2,22,23,25). The van der Waals surface area contributed by atoms with Crippen molar-refractivity contribution in [2.24, 2.45) is 0 Å². The molecular weight excluding hydrogens is 362 g/mol. The van der Waals surface area contributed by atoms with Crippen molar-refractivity contribution >= 4 is 34.0 Å². The minimum Gasteiger partial charge on any atom is -0.496 e. The molecule has 0 atom stereocenters. The maximum Gasteiger partial charge on any atom is 0.324 e. The molecule has 6 nitrogen and oxygen atoms in total. The second-order valence-corrected chi connectivity index (χ2v) is 6.69. The quantitative estimate of drug-likeness (QED) is 0.595. The van der Waals surface area contributed by atoms with Crippen LogP contribution in [0.2, 0.25) is 0 Å². The number of para-hydroxylation sites is 2. The van der Waals surface area contributed by atoms with Gasteiger partial charge in [0.15, 0.2) is 0 Å². The molecule has 3 N–H and O–H groups in total. The number of nitrogens with one attached hydrogen (secondary N) is 3. The van der Waals surface area contributed by atoms with Crippen LogP contribution in [-0.2, 0) is 6.54 Å². The van der Waals surface area contributed by atoms with Gasteiger partial charge in [0.05, 0.1) is 17.0 Å². The number of benzene rings is 2. The smallest absolute Gasteiger partial charge is 0.324 e. The lowest BCUT2D eigenvalue weighted by atomic mass is 10.2.